The van der Waals surface area contributed by atoms with Crippen molar-refractivity contribution in [3.05, 3.63) is 87.9 Å². The lowest BCUT2D eigenvalue weighted by Crippen LogP contribution is -2.46. The van der Waals surface area contributed by atoms with Crippen LogP contribution in [-0.2, 0) is 16.1 Å². The van der Waals surface area contributed by atoms with Crippen LogP contribution in [0.25, 0.3) is 0 Å². The molecule has 3 amide bonds. The van der Waals surface area contributed by atoms with E-state index in [1.807, 2.05) is 5.38 Å². The molecule has 2 N–H and O–H groups in total. The van der Waals surface area contributed by atoms with Crippen LogP contribution >= 0.6 is 11.3 Å². The molecule has 1 aliphatic heterocycles. The molecule has 7 nitrogen and oxygen atoms in total. The lowest BCUT2D eigenvalue weighted by molar-refractivity contribution is -0.126. The van der Waals surface area contributed by atoms with E-state index < -0.39 is 18.2 Å². The smallest absolute Gasteiger partial charge is 0.411 e. The highest BCUT2D eigenvalue weighted by Crippen LogP contribution is 2.35. The molecule has 0 spiro atoms. The van der Waals surface area contributed by atoms with Gasteiger partial charge in [0.05, 0.1) is 11.4 Å². The van der Waals surface area contributed by atoms with Crippen LogP contribution in [0.5, 0.6) is 0 Å². The van der Waals surface area contributed by atoms with Crippen LogP contribution in [0.3, 0.4) is 0 Å². The number of ether oxygens (including phenoxy) is 1. The van der Waals surface area contributed by atoms with E-state index in [4.69, 9.17) is 4.74 Å². The van der Waals surface area contributed by atoms with Crippen molar-refractivity contribution in [2.45, 2.75) is 39.0 Å². The van der Waals surface area contributed by atoms with Crippen molar-refractivity contribution >= 4 is 34.9 Å². The molecule has 9 heteroatoms. The predicted molar refractivity (Wildman–Crippen MR) is 136 cm³/mol. The zero-order valence-electron chi connectivity index (χ0n) is 20.1. The van der Waals surface area contributed by atoms with Crippen LogP contribution < -0.4 is 10.6 Å². The van der Waals surface area contributed by atoms with Gasteiger partial charge in [0.25, 0.3) is 5.91 Å². The predicted octanol–water partition coefficient (Wildman–Crippen LogP) is 5.36. The summed E-state index contributed by atoms with van der Waals surface area (Å²) in [7, 11) is 0. The lowest BCUT2D eigenvalue weighted by atomic mass is 10.00. The van der Waals surface area contributed by atoms with E-state index in [1.165, 1.54) is 28.4 Å². The zero-order valence-corrected chi connectivity index (χ0v) is 20.9. The van der Waals surface area contributed by atoms with E-state index in [0.29, 0.717) is 34.2 Å². The Balaban J connectivity index is 1.58. The van der Waals surface area contributed by atoms with Crippen molar-refractivity contribution in [3.8, 4) is 0 Å². The number of amides is 3. The summed E-state index contributed by atoms with van der Waals surface area (Å²) in [6, 6.07) is 15.3. The monoisotopic (exact) mass is 509 g/mol. The Morgan fingerprint density at radius 2 is 1.89 bits per heavy atom. The van der Waals surface area contributed by atoms with Crippen LogP contribution in [0.1, 0.15) is 47.2 Å². The summed E-state index contributed by atoms with van der Waals surface area (Å²) in [5.74, 6) is -0.556. The molecular formula is C27H28FN3O4S. The molecule has 0 bridgehead atoms. The maximum atomic E-state index is 13.4. The van der Waals surface area contributed by atoms with Crippen LogP contribution in [0.4, 0.5) is 14.9 Å². The normalized spacial score (nSPS) is 17.2. The maximum absolute atomic E-state index is 13.4. The van der Waals surface area contributed by atoms with Gasteiger partial charge in [-0.15, -0.1) is 11.3 Å². The molecule has 2 aromatic carbocycles. The molecule has 3 aromatic rings. The second kappa shape index (κ2) is 11.3. The summed E-state index contributed by atoms with van der Waals surface area (Å²) in [5, 5.41) is 7.59. The molecule has 0 aliphatic carbocycles. The number of hydrogen-bond acceptors (Lipinski definition) is 5. The first-order valence-corrected chi connectivity index (χ1v) is 12.6. The van der Waals surface area contributed by atoms with Crippen molar-refractivity contribution in [3.63, 3.8) is 0 Å². The van der Waals surface area contributed by atoms with E-state index in [-0.39, 0.29) is 24.2 Å². The highest BCUT2D eigenvalue weighted by atomic mass is 32.1. The molecule has 0 saturated carbocycles. The van der Waals surface area contributed by atoms with Crippen molar-refractivity contribution < 1.29 is 23.5 Å². The maximum Gasteiger partial charge on any atom is 0.411 e. The summed E-state index contributed by atoms with van der Waals surface area (Å²) in [5.41, 5.74) is 1.78. The van der Waals surface area contributed by atoms with Crippen molar-refractivity contribution in [2.24, 2.45) is 5.92 Å². The Morgan fingerprint density at radius 1 is 1.11 bits per heavy atom. The van der Waals surface area contributed by atoms with Crippen LogP contribution in [0.2, 0.25) is 0 Å². The topological polar surface area (TPSA) is 87.7 Å². The van der Waals surface area contributed by atoms with Gasteiger partial charge in [0.15, 0.2) is 12.1 Å². The Kier molecular flexibility index (Phi) is 8.00. The van der Waals surface area contributed by atoms with Gasteiger partial charge in [-0.1, -0.05) is 44.2 Å². The molecule has 4 rings (SSSR count). The number of halogens is 1. The van der Waals surface area contributed by atoms with Gasteiger partial charge in [0.2, 0.25) is 5.91 Å². The number of nitrogens with zero attached hydrogens (tertiary/aromatic N) is 1. The number of rotatable bonds is 9. The number of cyclic esters (lactones) is 1. The number of carbonyl (C=O) groups is 3. The quantitative estimate of drug-likeness (QED) is 0.406. The van der Waals surface area contributed by atoms with E-state index >= 15 is 0 Å². The van der Waals surface area contributed by atoms with Gasteiger partial charge in [-0.05, 0) is 59.2 Å². The first-order chi connectivity index (χ1) is 17.3. The molecule has 2 atom stereocenters. The molecule has 188 valence electrons. The number of hydrogen-bond donors (Lipinski definition) is 2. The summed E-state index contributed by atoms with van der Waals surface area (Å²) < 4.78 is 19.1. The van der Waals surface area contributed by atoms with E-state index in [0.717, 1.165) is 6.42 Å². The Morgan fingerprint density at radius 3 is 2.58 bits per heavy atom. The van der Waals surface area contributed by atoms with E-state index in [2.05, 4.69) is 24.5 Å². The molecule has 1 fully saturated rings. The average molecular weight is 510 g/mol. The molecular weight excluding hydrogens is 481 g/mol. The van der Waals surface area contributed by atoms with Gasteiger partial charge in [-0.3, -0.25) is 14.5 Å². The Hall–Kier alpha value is -3.72. The summed E-state index contributed by atoms with van der Waals surface area (Å²) in [4.78, 5) is 40.7. The average Bonchev–Trinajstić information content (AvgIpc) is 3.49. The zero-order chi connectivity index (χ0) is 25.7. The third-order valence-corrected chi connectivity index (χ3v) is 6.73. The van der Waals surface area contributed by atoms with Crippen LogP contribution in [0.15, 0.2) is 66.0 Å². The summed E-state index contributed by atoms with van der Waals surface area (Å²) >= 11 is 1.33. The van der Waals surface area contributed by atoms with Crippen molar-refractivity contribution in [2.75, 3.05) is 11.9 Å². The first kappa shape index (κ1) is 25.4. The molecule has 1 aliphatic rings. The van der Waals surface area contributed by atoms with Gasteiger partial charge < -0.3 is 15.4 Å². The number of carbonyl (C=O) groups excluding carboxylic acids is 3. The minimum absolute atomic E-state index is 0.0900. The fourth-order valence-corrected chi connectivity index (χ4v) is 4.60. The van der Waals surface area contributed by atoms with Crippen molar-refractivity contribution in [1.82, 2.24) is 10.2 Å². The largest absolute Gasteiger partial charge is 0.438 e. The number of nitrogens with one attached hydrogen (secondary N) is 2. The Labute approximate surface area is 213 Å². The first-order valence-electron chi connectivity index (χ1n) is 11.8. The van der Waals surface area contributed by atoms with Gasteiger partial charge in [0, 0.05) is 12.2 Å². The SMILES string of the molecule is CC(C)CCNC(=O)[C@@H]1[C@H](c2cccc(NC(=O)c3cccs3)c2)OC(=O)N1Cc1ccc(F)cc1. The Bertz CT molecular complexity index is 1210. The van der Waals surface area contributed by atoms with Crippen LogP contribution in [-0.4, -0.2) is 35.4 Å². The van der Waals surface area contributed by atoms with Gasteiger partial charge in [-0.25, -0.2) is 9.18 Å². The minimum atomic E-state index is -0.932. The van der Waals surface area contributed by atoms with E-state index in [9.17, 15) is 18.8 Å². The summed E-state index contributed by atoms with van der Waals surface area (Å²) in [6.45, 7) is 4.68. The van der Waals surface area contributed by atoms with Gasteiger partial charge >= 0.3 is 6.09 Å². The standard InChI is InChI=1S/C27H28FN3O4S/c1-17(2)12-13-29-26(33)23-24(35-27(34)31(23)16-18-8-10-20(28)11-9-18)19-5-3-6-21(15-19)30-25(32)22-7-4-14-36-22/h3-11,14-15,17,23-24H,12-13,16H2,1-2H3,(H,29,33)(H,30,32)/t23-,24-/m0/s1. The second-order valence-electron chi connectivity index (χ2n) is 9.03. The van der Waals surface area contributed by atoms with Crippen molar-refractivity contribution in [1.29, 1.82) is 0 Å². The summed E-state index contributed by atoms with van der Waals surface area (Å²) in [6.07, 6.45) is -0.725. The second-order valence-corrected chi connectivity index (χ2v) is 9.98. The van der Waals surface area contributed by atoms with Gasteiger partial charge in [-0.2, -0.15) is 0 Å². The van der Waals surface area contributed by atoms with Gasteiger partial charge in [0.1, 0.15) is 5.82 Å². The molecule has 0 unspecified atom stereocenters. The molecule has 2 heterocycles. The highest BCUT2D eigenvalue weighted by molar-refractivity contribution is 7.12. The third-order valence-electron chi connectivity index (χ3n) is 5.86. The fourth-order valence-electron chi connectivity index (χ4n) is 3.98. The molecule has 0 radical (unpaired) electrons. The molecule has 36 heavy (non-hydrogen) atoms. The number of thiophene rings is 1. The van der Waals surface area contributed by atoms with Crippen LogP contribution in [0, 0.1) is 11.7 Å². The van der Waals surface area contributed by atoms with E-state index in [1.54, 1.807) is 48.5 Å². The minimum Gasteiger partial charge on any atom is -0.438 e. The third kappa shape index (κ3) is 6.09. The fraction of sp³-hybridized carbons (Fsp3) is 0.296. The highest BCUT2D eigenvalue weighted by Gasteiger charge is 2.47. The molecule has 1 saturated heterocycles. The number of benzene rings is 2. The lowest BCUT2D eigenvalue weighted by Gasteiger charge is -2.24. The molecule has 1 aromatic heterocycles. The number of anilines is 1.